The third kappa shape index (κ3) is 2.72. The molecular weight excluding hydrogens is 244 g/mol. The van der Waals surface area contributed by atoms with Crippen LogP contribution in [0.25, 0.3) is 0 Å². The Morgan fingerprint density at radius 2 is 2.11 bits per heavy atom. The standard InChI is InChI=1S/C14H26N2OS/c1-15-12-2-6-16(11-12)13-3-7-17-14(10-13)4-8-18-9-5-14/h12-13,15H,2-11H2,1H3. The largest absolute Gasteiger partial charge is 0.375 e. The molecule has 3 aliphatic heterocycles. The van der Waals surface area contributed by atoms with E-state index in [9.17, 15) is 0 Å². The van der Waals surface area contributed by atoms with Gasteiger partial charge in [0.2, 0.25) is 0 Å². The van der Waals surface area contributed by atoms with Crippen molar-refractivity contribution in [3.05, 3.63) is 0 Å². The summed E-state index contributed by atoms with van der Waals surface area (Å²) in [5.41, 5.74) is 0.242. The first-order chi connectivity index (χ1) is 8.81. The lowest BCUT2D eigenvalue weighted by Crippen LogP contribution is -2.50. The second-order valence-corrected chi connectivity index (χ2v) is 7.28. The zero-order valence-electron chi connectivity index (χ0n) is 11.5. The van der Waals surface area contributed by atoms with Crippen molar-refractivity contribution in [2.75, 3.05) is 38.2 Å². The Morgan fingerprint density at radius 3 is 2.83 bits per heavy atom. The summed E-state index contributed by atoms with van der Waals surface area (Å²) in [6.45, 7) is 3.50. The molecule has 1 N–H and O–H groups in total. The van der Waals surface area contributed by atoms with E-state index in [1.54, 1.807) is 0 Å². The number of hydrogen-bond donors (Lipinski definition) is 1. The van der Waals surface area contributed by atoms with Crippen molar-refractivity contribution >= 4 is 11.8 Å². The first kappa shape index (κ1) is 13.2. The van der Waals surface area contributed by atoms with E-state index in [4.69, 9.17) is 4.74 Å². The second-order valence-electron chi connectivity index (χ2n) is 6.06. The average Bonchev–Trinajstić information content (AvgIpc) is 2.88. The Labute approximate surface area is 115 Å². The van der Waals surface area contributed by atoms with E-state index in [1.165, 1.54) is 56.7 Å². The van der Waals surface area contributed by atoms with Crippen LogP contribution in [-0.4, -0.2) is 60.8 Å². The van der Waals surface area contributed by atoms with Crippen LogP contribution in [0, 0.1) is 0 Å². The van der Waals surface area contributed by atoms with Crippen LogP contribution >= 0.6 is 11.8 Å². The van der Waals surface area contributed by atoms with Crippen molar-refractivity contribution in [2.45, 2.75) is 49.8 Å². The number of nitrogens with zero attached hydrogens (tertiary/aromatic N) is 1. The number of thioether (sulfide) groups is 1. The third-order valence-electron chi connectivity index (χ3n) is 5.02. The molecule has 0 aliphatic carbocycles. The van der Waals surface area contributed by atoms with E-state index < -0.39 is 0 Å². The van der Waals surface area contributed by atoms with Gasteiger partial charge in [-0.15, -0.1) is 0 Å². The minimum Gasteiger partial charge on any atom is -0.375 e. The fraction of sp³-hybridized carbons (Fsp3) is 1.00. The van der Waals surface area contributed by atoms with Gasteiger partial charge in [0.1, 0.15) is 0 Å². The zero-order valence-corrected chi connectivity index (χ0v) is 12.3. The van der Waals surface area contributed by atoms with Gasteiger partial charge in [-0.3, -0.25) is 4.90 Å². The van der Waals surface area contributed by atoms with Crippen LogP contribution in [-0.2, 0) is 4.74 Å². The minimum absolute atomic E-state index is 0.242. The Kier molecular flexibility index (Phi) is 4.18. The zero-order chi connectivity index (χ0) is 12.4. The molecule has 3 fully saturated rings. The number of ether oxygens (including phenoxy) is 1. The number of hydrogen-bond acceptors (Lipinski definition) is 4. The average molecular weight is 270 g/mol. The molecular formula is C14H26N2OS. The monoisotopic (exact) mass is 270 g/mol. The van der Waals surface area contributed by atoms with Gasteiger partial charge in [-0.2, -0.15) is 11.8 Å². The van der Waals surface area contributed by atoms with Crippen molar-refractivity contribution < 1.29 is 4.74 Å². The fourth-order valence-corrected chi connectivity index (χ4v) is 5.00. The molecule has 3 rings (SSSR count). The number of nitrogens with one attached hydrogen (secondary N) is 1. The minimum atomic E-state index is 0.242. The molecule has 2 atom stereocenters. The molecule has 0 amide bonds. The van der Waals surface area contributed by atoms with E-state index in [1.807, 2.05) is 0 Å². The summed E-state index contributed by atoms with van der Waals surface area (Å²) in [5, 5.41) is 3.43. The number of likely N-dealkylation sites (tertiary alicyclic amines) is 1. The molecule has 0 radical (unpaired) electrons. The normalized spacial score (nSPS) is 37.2. The Morgan fingerprint density at radius 1 is 1.28 bits per heavy atom. The van der Waals surface area contributed by atoms with Gasteiger partial charge in [0.25, 0.3) is 0 Å². The van der Waals surface area contributed by atoms with Crippen LogP contribution in [0.2, 0.25) is 0 Å². The predicted octanol–water partition coefficient (Wildman–Crippen LogP) is 1.72. The van der Waals surface area contributed by atoms with Crippen LogP contribution in [0.1, 0.15) is 32.1 Å². The summed E-state index contributed by atoms with van der Waals surface area (Å²) in [5.74, 6) is 2.59. The number of rotatable bonds is 2. The van der Waals surface area contributed by atoms with Gasteiger partial charge in [0, 0.05) is 31.8 Å². The molecule has 3 saturated heterocycles. The molecule has 3 heterocycles. The van der Waals surface area contributed by atoms with Gasteiger partial charge >= 0.3 is 0 Å². The third-order valence-corrected chi connectivity index (χ3v) is 6.00. The molecule has 1 spiro atoms. The van der Waals surface area contributed by atoms with E-state index in [0.717, 1.165) is 12.6 Å². The van der Waals surface area contributed by atoms with E-state index in [0.29, 0.717) is 6.04 Å². The van der Waals surface area contributed by atoms with Crippen LogP contribution < -0.4 is 5.32 Å². The molecule has 3 aliphatic rings. The summed E-state index contributed by atoms with van der Waals surface area (Å²) in [7, 11) is 2.10. The number of likely N-dealkylation sites (N-methyl/N-ethyl adjacent to an activating group) is 1. The molecule has 4 heteroatoms. The SMILES string of the molecule is CNC1CCN(C2CCOC3(CCSCC3)C2)C1. The maximum absolute atomic E-state index is 6.19. The highest BCUT2D eigenvalue weighted by Crippen LogP contribution is 2.39. The Bertz CT molecular complexity index is 275. The Hall–Kier alpha value is 0.230. The molecule has 0 saturated carbocycles. The molecule has 2 unspecified atom stereocenters. The summed E-state index contributed by atoms with van der Waals surface area (Å²) in [4.78, 5) is 2.72. The van der Waals surface area contributed by atoms with E-state index in [-0.39, 0.29) is 5.60 Å². The van der Waals surface area contributed by atoms with Crippen LogP contribution in [0.3, 0.4) is 0 Å². The summed E-state index contributed by atoms with van der Waals surface area (Å²) < 4.78 is 6.19. The van der Waals surface area contributed by atoms with Crippen LogP contribution in [0.15, 0.2) is 0 Å². The quantitative estimate of drug-likeness (QED) is 0.826. The van der Waals surface area contributed by atoms with Crippen LogP contribution in [0.5, 0.6) is 0 Å². The lowest BCUT2D eigenvalue weighted by Gasteiger charge is -2.45. The molecule has 0 aromatic rings. The van der Waals surface area contributed by atoms with Crippen molar-refractivity contribution in [2.24, 2.45) is 0 Å². The topological polar surface area (TPSA) is 24.5 Å². The Balaban J connectivity index is 1.60. The molecule has 0 aromatic carbocycles. The lowest BCUT2D eigenvalue weighted by atomic mass is 9.85. The van der Waals surface area contributed by atoms with E-state index >= 15 is 0 Å². The highest BCUT2D eigenvalue weighted by molar-refractivity contribution is 7.99. The van der Waals surface area contributed by atoms with Gasteiger partial charge in [-0.05, 0) is 50.7 Å². The van der Waals surface area contributed by atoms with Crippen molar-refractivity contribution in [1.29, 1.82) is 0 Å². The van der Waals surface area contributed by atoms with E-state index in [2.05, 4.69) is 29.0 Å². The summed E-state index contributed by atoms with van der Waals surface area (Å²) >= 11 is 2.10. The first-order valence-corrected chi connectivity index (χ1v) is 8.60. The summed E-state index contributed by atoms with van der Waals surface area (Å²) in [6.07, 6.45) is 6.39. The van der Waals surface area contributed by atoms with Crippen molar-refractivity contribution in [3.63, 3.8) is 0 Å². The van der Waals surface area contributed by atoms with Gasteiger partial charge in [-0.1, -0.05) is 0 Å². The summed E-state index contributed by atoms with van der Waals surface area (Å²) in [6, 6.07) is 1.49. The molecule has 0 aromatic heterocycles. The molecule has 3 nitrogen and oxygen atoms in total. The van der Waals surface area contributed by atoms with Crippen molar-refractivity contribution in [3.8, 4) is 0 Å². The van der Waals surface area contributed by atoms with Gasteiger partial charge in [0.05, 0.1) is 5.60 Å². The second kappa shape index (κ2) is 5.70. The molecule has 18 heavy (non-hydrogen) atoms. The maximum atomic E-state index is 6.19. The highest BCUT2D eigenvalue weighted by atomic mass is 32.2. The van der Waals surface area contributed by atoms with Gasteiger partial charge in [-0.25, -0.2) is 0 Å². The first-order valence-electron chi connectivity index (χ1n) is 7.44. The molecule has 0 bridgehead atoms. The maximum Gasteiger partial charge on any atom is 0.0713 e. The fourth-order valence-electron chi connectivity index (χ4n) is 3.76. The molecule has 104 valence electrons. The van der Waals surface area contributed by atoms with Crippen molar-refractivity contribution in [1.82, 2.24) is 10.2 Å². The van der Waals surface area contributed by atoms with Crippen LogP contribution in [0.4, 0.5) is 0 Å². The lowest BCUT2D eigenvalue weighted by molar-refractivity contribution is -0.108. The predicted molar refractivity (Wildman–Crippen MR) is 77.3 cm³/mol. The smallest absolute Gasteiger partial charge is 0.0713 e. The highest BCUT2D eigenvalue weighted by Gasteiger charge is 2.41. The van der Waals surface area contributed by atoms with Gasteiger partial charge in [0.15, 0.2) is 0 Å². The van der Waals surface area contributed by atoms with Gasteiger partial charge < -0.3 is 10.1 Å².